The summed E-state index contributed by atoms with van der Waals surface area (Å²) in [6.07, 6.45) is -3.54. The second kappa shape index (κ2) is 2.73. The number of benzene rings is 1. The van der Waals surface area contributed by atoms with E-state index in [4.69, 9.17) is 0 Å². The van der Waals surface area contributed by atoms with Gasteiger partial charge in [-0.3, -0.25) is 0 Å². The molecule has 0 aliphatic rings. The largest absolute Gasteiger partial charge is 0.461 e. The van der Waals surface area contributed by atoms with Gasteiger partial charge in [0.15, 0.2) is 11.4 Å². The quantitative estimate of drug-likeness (QED) is 0.597. The topological polar surface area (TPSA) is 13.1 Å². The monoisotopic (exact) mass is 204 g/mol. The van der Waals surface area contributed by atoms with E-state index in [1.807, 2.05) is 0 Å². The molecule has 2 aromatic rings. The lowest BCUT2D eigenvalue weighted by Gasteiger charge is -2.06. The lowest BCUT2D eigenvalue weighted by atomic mass is 10.1. The summed E-state index contributed by atoms with van der Waals surface area (Å²) in [5.41, 5.74) is -1.67. The van der Waals surface area contributed by atoms with Crippen molar-refractivity contribution >= 4 is 11.0 Å². The maximum absolute atomic E-state index is 13.2. The third-order valence-corrected chi connectivity index (χ3v) is 1.87. The van der Waals surface area contributed by atoms with Crippen LogP contribution in [0.25, 0.3) is 11.0 Å². The van der Waals surface area contributed by atoms with Crippen molar-refractivity contribution < 1.29 is 22.0 Å². The predicted molar refractivity (Wildman–Crippen MR) is 41.2 cm³/mol. The van der Waals surface area contributed by atoms with Gasteiger partial charge in [-0.2, -0.15) is 13.2 Å². The lowest BCUT2D eigenvalue weighted by molar-refractivity contribution is -0.139. The van der Waals surface area contributed by atoms with Gasteiger partial charge in [0, 0.05) is 5.39 Å². The van der Waals surface area contributed by atoms with Gasteiger partial charge in [0.2, 0.25) is 0 Å². The number of alkyl halides is 3. The van der Waals surface area contributed by atoms with Crippen molar-refractivity contribution in [2.75, 3.05) is 0 Å². The average molecular weight is 204 g/mol. The van der Waals surface area contributed by atoms with E-state index in [1.54, 1.807) is 0 Å². The normalized spacial score (nSPS) is 12.3. The highest BCUT2D eigenvalue weighted by molar-refractivity contribution is 5.78. The summed E-state index contributed by atoms with van der Waals surface area (Å²) in [5.74, 6) is -1.36. The Labute approximate surface area is 75.9 Å². The van der Waals surface area contributed by atoms with Gasteiger partial charge in [-0.05, 0) is 12.1 Å². The predicted octanol–water partition coefficient (Wildman–Crippen LogP) is 3.59. The number of rotatable bonds is 0. The van der Waals surface area contributed by atoms with Gasteiger partial charge in [0.25, 0.3) is 0 Å². The van der Waals surface area contributed by atoms with Crippen LogP contribution in [0.1, 0.15) is 5.56 Å². The van der Waals surface area contributed by atoms with Gasteiger partial charge >= 0.3 is 6.18 Å². The summed E-state index contributed by atoms with van der Waals surface area (Å²) >= 11 is 0. The summed E-state index contributed by atoms with van der Waals surface area (Å²) in [4.78, 5) is 0. The highest BCUT2D eigenvalue weighted by Crippen LogP contribution is 2.34. The van der Waals surface area contributed by atoms with Crippen LogP contribution in [0, 0.1) is 5.82 Å². The third kappa shape index (κ3) is 1.25. The minimum absolute atomic E-state index is 0.315. The van der Waals surface area contributed by atoms with Gasteiger partial charge in [0.1, 0.15) is 0 Å². The maximum Gasteiger partial charge on any atom is 0.419 e. The fourth-order valence-electron chi connectivity index (χ4n) is 1.22. The van der Waals surface area contributed by atoms with E-state index in [0.29, 0.717) is 11.5 Å². The molecule has 1 aromatic carbocycles. The molecule has 1 heterocycles. The van der Waals surface area contributed by atoms with Gasteiger partial charge in [-0.1, -0.05) is 6.07 Å². The highest BCUT2D eigenvalue weighted by atomic mass is 19.4. The van der Waals surface area contributed by atoms with E-state index in [0.717, 1.165) is 6.26 Å². The van der Waals surface area contributed by atoms with E-state index < -0.39 is 17.6 Å². The fraction of sp³-hybridized carbons (Fsp3) is 0.111. The second-order valence-electron chi connectivity index (χ2n) is 2.76. The molecular weight excluding hydrogens is 200 g/mol. The van der Waals surface area contributed by atoms with E-state index in [9.17, 15) is 17.6 Å². The molecule has 0 atom stereocenters. The average Bonchev–Trinajstić information content (AvgIpc) is 2.50. The number of hydrogen-bond acceptors (Lipinski definition) is 1. The molecule has 2 rings (SSSR count). The minimum atomic E-state index is -4.69. The Morgan fingerprint density at radius 3 is 2.43 bits per heavy atom. The first-order chi connectivity index (χ1) is 6.50. The van der Waals surface area contributed by atoms with Crippen LogP contribution < -0.4 is 0 Å². The molecule has 5 heteroatoms. The Hall–Kier alpha value is -1.52. The number of hydrogen-bond donors (Lipinski definition) is 0. The van der Waals surface area contributed by atoms with Gasteiger partial charge in [-0.15, -0.1) is 0 Å². The molecule has 0 unspecified atom stereocenters. The first-order valence-electron chi connectivity index (χ1n) is 3.73. The zero-order valence-corrected chi connectivity index (χ0v) is 6.73. The fourth-order valence-corrected chi connectivity index (χ4v) is 1.22. The molecular formula is C9H4F4O. The summed E-state index contributed by atoms with van der Waals surface area (Å²) in [7, 11) is 0. The number of halogens is 4. The summed E-state index contributed by atoms with van der Waals surface area (Å²) in [6, 6.07) is 3.27. The van der Waals surface area contributed by atoms with Crippen molar-refractivity contribution in [3.05, 3.63) is 35.8 Å². The van der Waals surface area contributed by atoms with Crippen molar-refractivity contribution in [3.63, 3.8) is 0 Å². The SMILES string of the molecule is Fc1c(C(F)(F)F)ccc2ccoc12. The van der Waals surface area contributed by atoms with Gasteiger partial charge in [0.05, 0.1) is 11.8 Å². The molecule has 0 aliphatic heterocycles. The highest BCUT2D eigenvalue weighted by Gasteiger charge is 2.35. The standard InChI is InChI=1S/C9H4F4O/c10-7-6(9(11,12)13)2-1-5-3-4-14-8(5)7/h1-4H. The molecule has 74 valence electrons. The molecule has 0 spiro atoms. The van der Waals surface area contributed by atoms with E-state index in [2.05, 4.69) is 4.42 Å². The Kier molecular flexibility index (Phi) is 1.77. The molecule has 1 nitrogen and oxygen atoms in total. The van der Waals surface area contributed by atoms with Crippen LogP contribution >= 0.6 is 0 Å². The first kappa shape index (κ1) is 9.05. The van der Waals surface area contributed by atoms with Crippen LogP contribution in [0.2, 0.25) is 0 Å². The summed E-state index contributed by atoms with van der Waals surface area (Å²) in [5, 5.41) is 0.315. The van der Waals surface area contributed by atoms with Crippen molar-refractivity contribution in [2.45, 2.75) is 6.18 Å². The van der Waals surface area contributed by atoms with Gasteiger partial charge < -0.3 is 4.42 Å². The van der Waals surface area contributed by atoms with Crippen molar-refractivity contribution in [3.8, 4) is 0 Å². The Morgan fingerprint density at radius 1 is 1.07 bits per heavy atom. The van der Waals surface area contributed by atoms with E-state index in [-0.39, 0.29) is 5.58 Å². The first-order valence-corrected chi connectivity index (χ1v) is 3.73. The van der Waals surface area contributed by atoms with Crippen LogP contribution in [0.4, 0.5) is 17.6 Å². The van der Waals surface area contributed by atoms with Crippen LogP contribution in [0.5, 0.6) is 0 Å². The molecule has 0 amide bonds. The number of furan rings is 1. The summed E-state index contributed by atoms with van der Waals surface area (Å²) < 4.78 is 54.4. The van der Waals surface area contributed by atoms with Crippen molar-refractivity contribution in [2.24, 2.45) is 0 Å². The minimum Gasteiger partial charge on any atom is -0.461 e. The maximum atomic E-state index is 13.2. The molecule has 0 aliphatic carbocycles. The Morgan fingerprint density at radius 2 is 1.79 bits per heavy atom. The molecule has 14 heavy (non-hydrogen) atoms. The van der Waals surface area contributed by atoms with Crippen LogP contribution in [-0.2, 0) is 6.18 Å². The van der Waals surface area contributed by atoms with Crippen molar-refractivity contribution in [1.82, 2.24) is 0 Å². The van der Waals surface area contributed by atoms with E-state index >= 15 is 0 Å². The van der Waals surface area contributed by atoms with Crippen LogP contribution in [0.3, 0.4) is 0 Å². The molecule has 1 aromatic heterocycles. The molecule has 0 saturated heterocycles. The molecule has 0 fully saturated rings. The smallest absolute Gasteiger partial charge is 0.419 e. The zero-order chi connectivity index (χ0) is 10.3. The van der Waals surface area contributed by atoms with E-state index in [1.165, 1.54) is 12.1 Å². The third-order valence-electron chi connectivity index (χ3n) is 1.87. The van der Waals surface area contributed by atoms with Crippen LogP contribution in [-0.4, -0.2) is 0 Å². The zero-order valence-electron chi connectivity index (χ0n) is 6.73. The second-order valence-corrected chi connectivity index (χ2v) is 2.76. The van der Waals surface area contributed by atoms with Gasteiger partial charge in [-0.25, -0.2) is 4.39 Å². The molecule has 0 bridgehead atoms. The summed E-state index contributed by atoms with van der Waals surface area (Å²) in [6.45, 7) is 0. The molecule has 0 saturated carbocycles. The Bertz CT molecular complexity index is 469. The molecule has 0 radical (unpaired) electrons. The molecule has 0 N–H and O–H groups in total. The number of fused-ring (bicyclic) bond motifs is 1. The Balaban J connectivity index is 2.74. The van der Waals surface area contributed by atoms with Crippen LogP contribution in [0.15, 0.2) is 28.9 Å². The van der Waals surface area contributed by atoms with Crippen molar-refractivity contribution in [1.29, 1.82) is 0 Å². The lowest BCUT2D eigenvalue weighted by Crippen LogP contribution is -2.07.